The van der Waals surface area contributed by atoms with Crippen LogP contribution in [-0.4, -0.2) is 49.2 Å². The molecular formula is C27H32N6. The molecule has 2 aliphatic heterocycles. The van der Waals surface area contributed by atoms with Crippen molar-refractivity contribution in [3.63, 3.8) is 0 Å². The predicted molar refractivity (Wildman–Crippen MR) is 132 cm³/mol. The zero-order chi connectivity index (χ0) is 22.0. The molecule has 1 N–H and O–H groups in total. The largest absolute Gasteiger partial charge is 0.326 e. The Morgan fingerprint density at radius 2 is 2.09 bits per heavy atom. The third kappa shape index (κ3) is 3.39. The summed E-state index contributed by atoms with van der Waals surface area (Å²) < 4.78 is 4.65. The minimum Gasteiger partial charge on any atom is -0.326 e. The Labute approximate surface area is 194 Å². The summed E-state index contributed by atoms with van der Waals surface area (Å²) in [6.45, 7) is 5.59. The van der Waals surface area contributed by atoms with Crippen molar-refractivity contribution in [2.75, 3.05) is 19.6 Å². The van der Waals surface area contributed by atoms with Crippen LogP contribution in [0.15, 0.2) is 42.6 Å². The Kier molecular flexibility index (Phi) is 4.43. The zero-order valence-electron chi connectivity index (χ0n) is 19.4. The molecule has 5 heterocycles. The van der Waals surface area contributed by atoms with Crippen molar-refractivity contribution in [1.82, 2.24) is 29.3 Å². The minimum atomic E-state index is 0.380. The van der Waals surface area contributed by atoms with Gasteiger partial charge in [-0.15, -0.1) is 0 Å². The van der Waals surface area contributed by atoms with Crippen LogP contribution in [-0.2, 0) is 20.1 Å². The average Bonchev–Trinajstić information content (AvgIpc) is 3.13. The van der Waals surface area contributed by atoms with E-state index in [1.54, 1.807) is 0 Å². The lowest BCUT2D eigenvalue weighted by atomic mass is 9.97. The maximum absolute atomic E-state index is 5.16. The maximum atomic E-state index is 5.16. The van der Waals surface area contributed by atoms with E-state index in [0.29, 0.717) is 5.54 Å². The van der Waals surface area contributed by atoms with Crippen LogP contribution >= 0.6 is 0 Å². The molecule has 3 aliphatic rings. The third-order valence-corrected chi connectivity index (χ3v) is 8.14. The number of aryl methyl sites for hydroxylation is 1. The number of pyridine rings is 1. The van der Waals surface area contributed by atoms with Crippen LogP contribution in [0.1, 0.15) is 37.7 Å². The van der Waals surface area contributed by atoms with Gasteiger partial charge in [0.1, 0.15) is 5.65 Å². The predicted octanol–water partition coefficient (Wildman–Crippen LogP) is 4.33. The fourth-order valence-corrected chi connectivity index (χ4v) is 6.16. The third-order valence-electron chi connectivity index (χ3n) is 8.14. The van der Waals surface area contributed by atoms with Crippen molar-refractivity contribution in [1.29, 1.82) is 0 Å². The molecule has 170 valence electrons. The number of likely N-dealkylation sites (tertiary alicyclic amines) is 1. The number of nitrogens with one attached hydrogen (secondary N) is 1. The summed E-state index contributed by atoms with van der Waals surface area (Å²) >= 11 is 0. The molecule has 1 aliphatic carbocycles. The van der Waals surface area contributed by atoms with Crippen molar-refractivity contribution in [2.45, 2.75) is 50.7 Å². The zero-order valence-corrected chi connectivity index (χ0v) is 19.4. The molecule has 1 atom stereocenters. The Balaban J connectivity index is 1.23. The molecule has 1 spiro atoms. The Bertz CT molecular complexity index is 1340. The Hall–Kier alpha value is -2.70. The van der Waals surface area contributed by atoms with Gasteiger partial charge in [0.05, 0.1) is 16.7 Å². The molecule has 4 aromatic rings. The second-order valence-electron chi connectivity index (χ2n) is 10.6. The van der Waals surface area contributed by atoms with Crippen LogP contribution < -0.4 is 5.32 Å². The molecule has 0 amide bonds. The Morgan fingerprint density at radius 3 is 2.94 bits per heavy atom. The van der Waals surface area contributed by atoms with E-state index in [2.05, 4.69) is 56.7 Å². The number of aromatic nitrogens is 4. The summed E-state index contributed by atoms with van der Waals surface area (Å²) in [4.78, 5) is 12.5. The van der Waals surface area contributed by atoms with Crippen molar-refractivity contribution >= 4 is 22.1 Å². The minimum absolute atomic E-state index is 0.380. The number of rotatable bonds is 5. The highest BCUT2D eigenvalue weighted by molar-refractivity contribution is 5.86. The number of nitrogens with zero attached hydrogens (tertiary/aromatic N) is 5. The van der Waals surface area contributed by atoms with Gasteiger partial charge in [-0.25, -0.2) is 9.97 Å². The number of imidazole rings is 1. The fraction of sp³-hybridized carbons (Fsp3) is 0.481. The lowest BCUT2D eigenvalue weighted by Crippen LogP contribution is -2.42. The van der Waals surface area contributed by atoms with E-state index in [-0.39, 0.29) is 0 Å². The number of hydrogen-bond acceptors (Lipinski definition) is 4. The highest BCUT2D eigenvalue weighted by atomic mass is 15.2. The molecule has 0 bridgehead atoms. The van der Waals surface area contributed by atoms with Crippen molar-refractivity contribution in [3.05, 3.63) is 48.2 Å². The quantitative estimate of drug-likeness (QED) is 0.502. The molecular weight excluding hydrogens is 408 g/mol. The molecule has 7 rings (SSSR count). The second-order valence-corrected chi connectivity index (χ2v) is 10.6. The maximum Gasteiger partial charge on any atom is 0.157 e. The monoisotopic (exact) mass is 440 g/mol. The molecule has 0 radical (unpaired) electrons. The van der Waals surface area contributed by atoms with Crippen LogP contribution in [0.3, 0.4) is 0 Å². The first-order valence-electron chi connectivity index (χ1n) is 12.5. The molecule has 6 heteroatoms. The molecule has 6 nitrogen and oxygen atoms in total. The molecule has 3 fully saturated rings. The lowest BCUT2D eigenvalue weighted by molar-refractivity contribution is 0.291. The highest BCUT2D eigenvalue weighted by Gasteiger charge is 2.39. The van der Waals surface area contributed by atoms with Gasteiger partial charge in [-0.05, 0) is 80.5 Å². The van der Waals surface area contributed by atoms with Crippen LogP contribution in [0.4, 0.5) is 0 Å². The van der Waals surface area contributed by atoms with Gasteiger partial charge in [0.15, 0.2) is 5.82 Å². The van der Waals surface area contributed by atoms with E-state index in [4.69, 9.17) is 9.97 Å². The van der Waals surface area contributed by atoms with E-state index in [1.807, 2.05) is 12.3 Å². The van der Waals surface area contributed by atoms with Gasteiger partial charge in [-0.1, -0.05) is 6.07 Å². The molecule has 3 aromatic heterocycles. The summed E-state index contributed by atoms with van der Waals surface area (Å²) in [5.74, 6) is 1.82. The summed E-state index contributed by atoms with van der Waals surface area (Å²) in [6, 6.07) is 13.3. The van der Waals surface area contributed by atoms with E-state index in [0.717, 1.165) is 36.0 Å². The fourth-order valence-electron chi connectivity index (χ4n) is 6.16. The van der Waals surface area contributed by atoms with E-state index in [9.17, 15) is 0 Å². The van der Waals surface area contributed by atoms with Crippen LogP contribution in [0.2, 0.25) is 0 Å². The van der Waals surface area contributed by atoms with Gasteiger partial charge in [-0.3, -0.25) is 4.90 Å². The van der Waals surface area contributed by atoms with Crippen molar-refractivity contribution in [3.8, 4) is 11.5 Å². The summed E-state index contributed by atoms with van der Waals surface area (Å²) in [5.41, 5.74) is 6.29. The standard InChI is InChI=1S/C27H32N6/c1-31-23-8-7-20(16-32-13-10-27(18-32)9-3-12-29-27)14-22(23)30-26(31)24-15-21-4-2-11-28-25(21)33(24)17-19-5-6-19/h2,4,7-8,11,14-15,19,29H,3,5-6,9-10,12-13,16-18H2,1H3. The van der Waals surface area contributed by atoms with Gasteiger partial charge < -0.3 is 14.5 Å². The first kappa shape index (κ1) is 19.7. The number of fused-ring (bicyclic) bond motifs is 2. The smallest absolute Gasteiger partial charge is 0.157 e. The highest BCUT2D eigenvalue weighted by Crippen LogP contribution is 2.36. The summed E-state index contributed by atoms with van der Waals surface area (Å²) in [7, 11) is 2.15. The second kappa shape index (κ2) is 7.40. The van der Waals surface area contributed by atoms with Gasteiger partial charge in [0.2, 0.25) is 0 Å². The summed E-state index contributed by atoms with van der Waals surface area (Å²) in [5, 5.41) is 4.97. The van der Waals surface area contributed by atoms with E-state index < -0.39 is 0 Å². The van der Waals surface area contributed by atoms with Gasteiger partial charge >= 0.3 is 0 Å². The van der Waals surface area contributed by atoms with E-state index >= 15 is 0 Å². The first-order valence-corrected chi connectivity index (χ1v) is 12.5. The lowest BCUT2D eigenvalue weighted by Gasteiger charge is -2.24. The van der Waals surface area contributed by atoms with Gasteiger partial charge in [0, 0.05) is 50.3 Å². The van der Waals surface area contributed by atoms with E-state index in [1.165, 1.54) is 73.9 Å². The first-order chi connectivity index (χ1) is 16.2. The topological polar surface area (TPSA) is 50.9 Å². The van der Waals surface area contributed by atoms with Gasteiger partial charge in [-0.2, -0.15) is 0 Å². The number of hydrogen-bond donors (Lipinski definition) is 1. The number of benzene rings is 1. The van der Waals surface area contributed by atoms with Crippen LogP contribution in [0.5, 0.6) is 0 Å². The molecule has 2 saturated heterocycles. The van der Waals surface area contributed by atoms with Crippen molar-refractivity contribution in [2.24, 2.45) is 13.0 Å². The average molecular weight is 441 g/mol. The normalized spacial score (nSPS) is 23.5. The van der Waals surface area contributed by atoms with Crippen molar-refractivity contribution < 1.29 is 0 Å². The molecule has 1 unspecified atom stereocenters. The van der Waals surface area contributed by atoms with Gasteiger partial charge in [0.25, 0.3) is 0 Å². The summed E-state index contributed by atoms with van der Waals surface area (Å²) in [6.07, 6.45) is 8.48. The molecule has 1 aromatic carbocycles. The molecule has 33 heavy (non-hydrogen) atoms. The Morgan fingerprint density at radius 1 is 1.15 bits per heavy atom. The van der Waals surface area contributed by atoms with Crippen LogP contribution in [0, 0.1) is 5.92 Å². The molecule has 1 saturated carbocycles. The SMILES string of the molecule is Cn1c(-c2cc3cccnc3n2CC2CC2)nc2cc(CN3CCC4(CCCN4)C3)ccc21. The van der Waals surface area contributed by atoms with Crippen LogP contribution in [0.25, 0.3) is 33.6 Å².